The van der Waals surface area contributed by atoms with Gasteiger partial charge in [0.15, 0.2) is 0 Å². The predicted octanol–water partition coefficient (Wildman–Crippen LogP) is 14.0. The van der Waals surface area contributed by atoms with Crippen molar-refractivity contribution in [2.75, 3.05) is 0 Å². The summed E-state index contributed by atoms with van der Waals surface area (Å²) in [4.78, 5) is 2.82. The van der Waals surface area contributed by atoms with E-state index in [1.807, 2.05) is 23.1 Å². The van der Waals surface area contributed by atoms with Gasteiger partial charge in [-0.3, -0.25) is 0 Å². The van der Waals surface area contributed by atoms with Gasteiger partial charge in [0.2, 0.25) is 0 Å². The van der Waals surface area contributed by atoms with E-state index in [-0.39, 0.29) is 0 Å². The van der Waals surface area contributed by atoms with Crippen LogP contribution in [0.25, 0.3) is 63.6 Å². The average Bonchev–Trinajstić information content (AvgIpc) is 3.72. The first kappa shape index (κ1) is 29.3. The smallest absolute Gasteiger partial charge is 0.0361 e. The molecule has 6 aromatic carbocycles. The minimum absolute atomic E-state index is 0.892. The first-order valence-electron chi connectivity index (χ1n) is 16.8. The summed E-state index contributed by atoms with van der Waals surface area (Å²) in [6, 6.07) is 36.3. The number of hydrogen-bond donors (Lipinski definition) is 0. The summed E-state index contributed by atoms with van der Waals surface area (Å²) in [6.07, 6.45) is 23.1. The molecule has 48 heavy (non-hydrogen) atoms. The summed E-state index contributed by atoms with van der Waals surface area (Å²) in [7, 11) is 0. The van der Waals surface area contributed by atoms with E-state index in [2.05, 4.69) is 159 Å². The molecular formula is C46H34S2. The second-order valence-electron chi connectivity index (χ2n) is 12.7. The van der Waals surface area contributed by atoms with Crippen molar-refractivity contribution in [3.8, 4) is 0 Å². The SMILES string of the molecule is C/C(=C\C=C1/Cc2ccc3cc4sc5ccccc5c4cc3c2S1)c1c2ccccc2c(/C2=C/C=C\C/C=C\C=C/C2)c2ccccc12. The fraction of sp³-hybridized carbons (Fsp3) is 0.0870. The van der Waals surface area contributed by atoms with E-state index in [9.17, 15) is 0 Å². The lowest BCUT2D eigenvalue weighted by molar-refractivity contribution is 1.23. The van der Waals surface area contributed by atoms with E-state index < -0.39 is 0 Å². The third kappa shape index (κ3) is 5.08. The van der Waals surface area contributed by atoms with Crippen LogP contribution in [0.1, 0.15) is 36.5 Å². The van der Waals surface area contributed by atoms with Crippen molar-refractivity contribution in [3.63, 3.8) is 0 Å². The number of thioether (sulfide) groups is 1. The monoisotopic (exact) mass is 650 g/mol. The van der Waals surface area contributed by atoms with Crippen LogP contribution in [0.2, 0.25) is 0 Å². The highest BCUT2D eigenvalue weighted by molar-refractivity contribution is 8.03. The van der Waals surface area contributed by atoms with E-state index in [0.29, 0.717) is 0 Å². The number of thiophene rings is 1. The number of fused-ring (bicyclic) bond motifs is 8. The number of rotatable bonds is 3. The average molecular weight is 651 g/mol. The fourth-order valence-corrected chi connectivity index (χ4v) is 9.81. The minimum atomic E-state index is 0.892. The van der Waals surface area contributed by atoms with Crippen molar-refractivity contribution in [2.24, 2.45) is 0 Å². The van der Waals surface area contributed by atoms with Crippen molar-refractivity contribution in [2.45, 2.75) is 31.1 Å². The standard InChI is InChI=1S/C46H34S2/c1-30(23-26-34-27-33-25-24-32-28-43-41(29-40(32)46(33)47-34)35-17-13-14-22-42(35)48-43)44-36-18-9-11-20-38(36)45(39-21-12-10-19-37(39)44)31-15-7-5-3-2-4-6-8-16-31/h2-3,5-14,16-26,28-29H,4,15,27H2,1H3/b3-2-,7-5-,8-6-,30-23+,31-16+,34-26+. The number of hydrogen-bond acceptors (Lipinski definition) is 2. The molecule has 7 aromatic rings. The molecule has 0 amide bonds. The summed E-state index contributed by atoms with van der Waals surface area (Å²) >= 11 is 3.85. The van der Waals surface area contributed by atoms with Crippen molar-refractivity contribution in [3.05, 3.63) is 173 Å². The third-order valence-corrected chi connectivity index (χ3v) is 12.1. The molecule has 1 aromatic heterocycles. The van der Waals surface area contributed by atoms with Gasteiger partial charge in [-0.1, -0.05) is 145 Å². The molecule has 1 aliphatic carbocycles. The Morgan fingerprint density at radius 3 is 2.17 bits per heavy atom. The van der Waals surface area contributed by atoms with Gasteiger partial charge >= 0.3 is 0 Å². The molecule has 0 bridgehead atoms. The van der Waals surface area contributed by atoms with Crippen LogP contribution in [0, 0.1) is 0 Å². The summed E-state index contributed by atoms with van der Waals surface area (Å²) in [6.45, 7) is 2.28. The van der Waals surface area contributed by atoms with Gasteiger partial charge in [0.1, 0.15) is 0 Å². The second kappa shape index (κ2) is 12.3. The zero-order chi connectivity index (χ0) is 32.0. The Morgan fingerprint density at radius 1 is 0.646 bits per heavy atom. The van der Waals surface area contributed by atoms with E-state index in [1.54, 1.807) is 0 Å². The Labute approximate surface area is 289 Å². The topological polar surface area (TPSA) is 0 Å². The Hall–Kier alpha value is -4.89. The molecule has 0 atom stereocenters. The molecule has 9 rings (SSSR count). The number of allylic oxidation sites excluding steroid dienone is 12. The Bertz CT molecular complexity index is 2560. The van der Waals surface area contributed by atoms with Gasteiger partial charge in [-0.15, -0.1) is 11.3 Å². The van der Waals surface area contributed by atoms with Gasteiger partial charge < -0.3 is 0 Å². The first-order valence-corrected chi connectivity index (χ1v) is 18.4. The zero-order valence-electron chi connectivity index (χ0n) is 26.9. The fourth-order valence-electron chi connectivity index (χ4n) is 7.49. The van der Waals surface area contributed by atoms with Gasteiger partial charge in [-0.25, -0.2) is 0 Å². The van der Waals surface area contributed by atoms with E-state index in [0.717, 1.165) is 19.3 Å². The van der Waals surface area contributed by atoms with Gasteiger partial charge in [-0.2, -0.15) is 0 Å². The Balaban J connectivity index is 1.13. The van der Waals surface area contributed by atoms with Gasteiger partial charge in [0.25, 0.3) is 0 Å². The van der Waals surface area contributed by atoms with Crippen LogP contribution < -0.4 is 0 Å². The van der Waals surface area contributed by atoms with Crippen LogP contribution in [-0.2, 0) is 6.42 Å². The summed E-state index contributed by atoms with van der Waals surface area (Å²) < 4.78 is 2.73. The molecule has 2 heterocycles. The summed E-state index contributed by atoms with van der Waals surface area (Å²) in [5, 5.41) is 10.7. The van der Waals surface area contributed by atoms with Crippen LogP contribution >= 0.6 is 23.1 Å². The highest BCUT2D eigenvalue weighted by Gasteiger charge is 2.21. The van der Waals surface area contributed by atoms with Crippen molar-refractivity contribution in [1.82, 2.24) is 0 Å². The maximum Gasteiger partial charge on any atom is 0.0361 e. The molecule has 0 fully saturated rings. The van der Waals surface area contributed by atoms with Gasteiger partial charge in [0.05, 0.1) is 0 Å². The molecule has 0 radical (unpaired) electrons. The molecule has 0 spiro atoms. The summed E-state index contributed by atoms with van der Waals surface area (Å²) in [5.74, 6) is 0. The predicted molar refractivity (Wildman–Crippen MR) is 214 cm³/mol. The van der Waals surface area contributed by atoms with Gasteiger partial charge in [-0.05, 0) is 103 Å². The highest BCUT2D eigenvalue weighted by Crippen LogP contribution is 2.47. The van der Waals surface area contributed by atoms with Crippen molar-refractivity contribution in [1.29, 1.82) is 0 Å². The lowest BCUT2D eigenvalue weighted by Gasteiger charge is -2.19. The molecular weight excluding hydrogens is 617 g/mol. The molecule has 2 heteroatoms. The molecule has 1 aliphatic heterocycles. The molecule has 0 saturated heterocycles. The van der Waals surface area contributed by atoms with E-state index >= 15 is 0 Å². The highest BCUT2D eigenvalue weighted by atomic mass is 32.2. The lowest BCUT2D eigenvalue weighted by Crippen LogP contribution is -1.95. The van der Waals surface area contributed by atoms with Crippen LogP contribution in [0.15, 0.2) is 162 Å². The Kier molecular flexibility index (Phi) is 7.49. The lowest BCUT2D eigenvalue weighted by atomic mass is 9.85. The molecule has 0 saturated carbocycles. The van der Waals surface area contributed by atoms with Crippen molar-refractivity contribution >= 4 is 86.7 Å². The largest absolute Gasteiger partial charge is 0.135 e. The second-order valence-corrected chi connectivity index (χ2v) is 15.0. The maximum absolute atomic E-state index is 2.44. The normalized spacial score (nSPS) is 19.2. The van der Waals surface area contributed by atoms with E-state index in [1.165, 1.54) is 90.1 Å². The minimum Gasteiger partial charge on any atom is -0.135 e. The van der Waals surface area contributed by atoms with Gasteiger partial charge in [0, 0.05) is 31.5 Å². The van der Waals surface area contributed by atoms with Crippen LogP contribution in [-0.4, -0.2) is 0 Å². The quantitative estimate of drug-likeness (QED) is 0.172. The molecule has 2 aliphatic rings. The van der Waals surface area contributed by atoms with Crippen LogP contribution in [0.4, 0.5) is 0 Å². The third-order valence-electron chi connectivity index (χ3n) is 9.74. The number of benzene rings is 6. The van der Waals surface area contributed by atoms with E-state index in [4.69, 9.17) is 0 Å². The molecule has 230 valence electrons. The zero-order valence-corrected chi connectivity index (χ0v) is 28.5. The molecule has 0 nitrogen and oxygen atoms in total. The molecule has 0 unspecified atom stereocenters. The summed E-state index contributed by atoms with van der Waals surface area (Å²) in [5.41, 5.74) is 6.74. The van der Waals surface area contributed by atoms with Crippen LogP contribution in [0.3, 0.4) is 0 Å². The molecule has 0 N–H and O–H groups in total. The van der Waals surface area contributed by atoms with Crippen LogP contribution in [0.5, 0.6) is 0 Å². The maximum atomic E-state index is 2.44. The van der Waals surface area contributed by atoms with Crippen molar-refractivity contribution < 1.29 is 0 Å². The first-order chi connectivity index (χ1) is 23.7. The Morgan fingerprint density at radius 2 is 1.35 bits per heavy atom.